The molecule has 0 aromatic rings. The van der Waals surface area contributed by atoms with Crippen LogP contribution in [0.25, 0.3) is 0 Å². The van der Waals surface area contributed by atoms with Crippen LogP contribution in [0.3, 0.4) is 0 Å². The van der Waals surface area contributed by atoms with Gasteiger partial charge in [-0.25, -0.2) is 0 Å². The quantitative estimate of drug-likeness (QED) is 0.506. The highest BCUT2D eigenvalue weighted by molar-refractivity contribution is 6.77. The molecule has 0 aromatic heterocycles. The topological polar surface area (TPSA) is 9.23 Å². The summed E-state index contributed by atoms with van der Waals surface area (Å²) < 4.78 is 6.88. The fraction of sp³-hybridized carbons (Fsp3) is 0.789. The van der Waals surface area contributed by atoms with Crippen LogP contribution in [0.2, 0.25) is 16.6 Å². The zero-order chi connectivity index (χ0) is 16.4. The SMILES string of the molecule is CC1=CCC(C)(C)CC=C1O[Si](C(C)C)(C(C)C)C(C)C. The highest BCUT2D eigenvalue weighted by Gasteiger charge is 2.47. The van der Waals surface area contributed by atoms with Crippen molar-refractivity contribution < 1.29 is 4.43 Å². The van der Waals surface area contributed by atoms with Crippen molar-refractivity contribution in [3.05, 3.63) is 23.5 Å². The van der Waals surface area contributed by atoms with Crippen molar-refractivity contribution in [2.24, 2.45) is 5.41 Å². The van der Waals surface area contributed by atoms with E-state index in [9.17, 15) is 0 Å². The van der Waals surface area contributed by atoms with Crippen LogP contribution in [0.1, 0.15) is 75.2 Å². The average molecular weight is 309 g/mol. The van der Waals surface area contributed by atoms with Gasteiger partial charge in [0.05, 0.1) is 0 Å². The Morgan fingerprint density at radius 1 is 0.905 bits per heavy atom. The molecule has 1 rings (SSSR count). The first-order valence-electron chi connectivity index (χ1n) is 8.59. The molecule has 1 aliphatic carbocycles. The molecule has 0 aliphatic heterocycles. The summed E-state index contributed by atoms with van der Waals surface area (Å²) in [6.07, 6.45) is 6.98. The second-order valence-electron chi connectivity index (χ2n) is 8.45. The van der Waals surface area contributed by atoms with Crippen LogP contribution in [0, 0.1) is 5.41 Å². The lowest BCUT2D eigenvalue weighted by Gasteiger charge is -2.43. The molecule has 0 atom stereocenters. The first kappa shape index (κ1) is 18.5. The van der Waals surface area contributed by atoms with Crippen molar-refractivity contribution in [1.82, 2.24) is 0 Å². The van der Waals surface area contributed by atoms with E-state index in [1.165, 1.54) is 11.3 Å². The Labute approximate surface area is 134 Å². The van der Waals surface area contributed by atoms with Gasteiger partial charge in [-0.15, -0.1) is 0 Å². The van der Waals surface area contributed by atoms with Gasteiger partial charge in [-0.2, -0.15) is 0 Å². The Morgan fingerprint density at radius 3 is 1.76 bits per heavy atom. The van der Waals surface area contributed by atoms with Crippen LogP contribution in [0.4, 0.5) is 0 Å². The largest absolute Gasteiger partial charge is 0.543 e. The number of allylic oxidation sites excluding steroid dienone is 3. The third-order valence-corrected chi connectivity index (χ3v) is 11.2. The molecule has 2 heteroatoms. The van der Waals surface area contributed by atoms with Gasteiger partial charge in [0.2, 0.25) is 0 Å². The predicted molar refractivity (Wildman–Crippen MR) is 97.0 cm³/mol. The number of hydrogen-bond acceptors (Lipinski definition) is 1. The monoisotopic (exact) mass is 308 g/mol. The van der Waals surface area contributed by atoms with Crippen molar-refractivity contribution in [2.45, 2.75) is 91.8 Å². The van der Waals surface area contributed by atoms with Gasteiger partial charge in [-0.3, -0.25) is 0 Å². The highest BCUT2D eigenvalue weighted by atomic mass is 28.4. The zero-order valence-corrected chi connectivity index (χ0v) is 16.7. The summed E-state index contributed by atoms with van der Waals surface area (Å²) in [5, 5.41) is 0. The molecule has 0 saturated heterocycles. The van der Waals surface area contributed by atoms with Crippen molar-refractivity contribution in [1.29, 1.82) is 0 Å². The smallest absolute Gasteiger partial charge is 0.258 e. The summed E-state index contributed by atoms with van der Waals surface area (Å²) in [4.78, 5) is 0. The first-order chi connectivity index (χ1) is 9.53. The molecule has 0 bridgehead atoms. The van der Waals surface area contributed by atoms with Gasteiger partial charge in [0.15, 0.2) is 0 Å². The highest BCUT2D eigenvalue weighted by Crippen LogP contribution is 2.45. The summed E-state index contributed by atoms with van der Waals surface area (Å²) in [6, 6.07) is 0. The summed E-state index contributed by atoms with van der Waals surface area (Å²) in [5.41, 5.74) is 3.57. The maximum Gasteiger partial charge on any atom is 0.258 e. The molecule has 21 heavy (non-hydrogen) atoms. The van der Waals surface area contributed by atoms with Gasteiger partial charge in [-0.05, 0) is 53.5 Å². The molecule has 0 N–H and O–H groups in total. The fourth-order valence-electron chi connectivity index (χ4n) is 3.81. The second-order valence-corrected chi connectivity index (χ2v) is 13.8. The molecular weight excluding hydrogens is 272 g/mol. The molecule has 1 aliphatic rings. The van der Waals surface area contributed by atoms with Crippen LogP contribution in [0.15, 0.2) is 23.5 Å². The van der Waals surface area contributed by atoms with Crippen LogP contribution in [0.5, 0.6) is 0 Å². The van der Waals surface area contributed by atoms with Gasteiger partial charge in [0.25, 0.3) is 8.32 Å². The van der Waals surface area contributed by atoms with Crippen molar-refractivity contribution in [3.63, 3.8) is 0 Å². The van der Waals surface area contributed by atoms with Crippen LogP contribution >= 0.6 is 0 Å². The number of rotatable bonds is 5. The molecule has 122 valence electrons. The maximum absolute atomic E-state index is 6.88. The van der Waals surface area contributed by atoms with E-state index in [0.717, 1.165) is 12.8 Å². The lowest BCUT2D eigenvalue weighted by atomic mass is 9.86. The summed E-state index contributed by atoms with van der Waals surface area (Å²) in [5.74, 6) is 1.17. The van der Waals surface area contributed by atoms with Gasteiger partial charge in [0.1, 0.15) is 5.76 Å². The summed E-state index contributed by atoms with van der Waals surface area (Å²) in [6.45, 7) is 21.0. The van der Waals surface area contributed by atoms with Gasteiger partial charge in [-0.1, -0.05) is 61.5 Å². The van der Waals surface area contributed by atoms with E-state index in [4.69, 9.17) is 4.43 Å². The number of hydrogen-bond donors (Lipinski definition) is 0. The molecule has 0 unspecified atom stereocenters. The third-order valence-electron chi connectivity index (χ3n) is 5.18. The lowest BCUT2D eigenvalue weighted by Crippen LogP contribution is -2.47. The standard InChI is InChI=1S/C19H36OSi/c1-14(2)21(15(3)4,16(5)6)20-18-11-13-19(8,9)12-10-17(18)7/h10-11,14-16H,12-13H2,1-9H3. The third kappa shape index (κ3) is 4.03. The predicted octanol–water partition coefficient (Wildman–Crippen LogP) is 6.83. The minimum Gasteiger partial charge on any atom is -0.543 e. The molecule has 0 amide bonds. The Morgan fingerprint density at radius 2 is 1.33 bits per heavy atom. The van der Waals surface area contributed by atoms with Crippen LogP contribution < -0.4 is 0 Å². The Kier molecular flexibility index (Phi) is 5.94. The molecular formula is C19H36OSi. The normalized spacial score (nSPS) is 19.6. The molecule has 1 nitrogen and oxygen atoms in total. The summed E-state index contributed by atoms with van der Waals surface area (Å²) >= 11 is 0. The van der Waals surface area contributed by atoms with E-state index in [0.29, 0.717) is 22.0 Å². The minimum atomic E-state index is -1.83. The molecule has 0 radical (unpaired) electrons. The minimum absolute atomic E-state index is 0.351. The van der Waals surface area contributed by atoms with Crippen molar-refractivity contribution in [2.75, 3.05) is 0 Å². The molecule has 0 aromatic carbocycles. The van der Waals surface area contributed by atoms with E-state index in [2.05, 4.69) is 74.5 Å². The Bertz CT molecular complexity index is 392. The van der Waals surface area contributed by atoms with Crippen molar-refractivity contribution >= 4 is 8.32 Å². The molecule has 0 heterocycles. The Hall–Kier alpha value is -0.503. The lowest BCUT2D eigenvalue weighted by molar-refractivity contribution is 0.363. The molecule has 0 spiro atoms. The van der Waals surface area contributed by atoms with Crippen molar-refractivity contribution in [3.8, 4) is 0 Å². The van der Waals surface area contributed by atoms with Gasteiger partial charge >= 0.3 is 0 Å². The fourth-order valence-corrected chi connectivity index (χ4v) is 9.14. The maximum atomic E-state index is 6.88. The van der Waals surface area contributed by atoms with Gasteiger partial charge < -0.3 is 4.43 Å². The van der Waals surface area contributed by atoms with Gasteiger partial charge in [0, 0.05) is 0 Å². The van der Waals surface area contributed by atoms with E-state index in [1.807, 2.05) is 0 Å². The second kappa shape index (κ2) is 6.72. The van der Waals surface area contributed by atoms with E-state index in [-0.39, 0.29) is 0 Å². The zero-order valence-electron chi connectivity index (χ0n) is 15.7. The Balaban J connectivity index is 3.17. The van der Waals surface area contributed by atoms with Crippen LogP contribution in [-0.2, 0) is 4.43 Å². The summed E-state index contributed by atoms with van der Waals surface area (Å²) in [7, 11) is -1.83. The molecule has 0 saturated carbocycles. The molecule has 0 fully saturated rings. The van der Waals surface area contributed by atoms with E-state index < -0.39 is 8.32 Å². The van der Waals surface area contributed by atoms with Crippen LogP contribution in [-0.4, -0.2) is 8.32 Å². The first-order valence-corrected chi connectivity index (χ1v) is 10.7. The van der Waals surface area contributed by atoms with E-state index >= 15 is 0 Å². The average Bonchev–Trinajstić information content (AvgIpc) is 2.46. The van der Waals surface area contributed by atoms with E-state index in [1.54, 1.807) is 0 Å².